The Morgan fingerprint density at radius 1 is 1.09 bits per heavy atom. The summed E-state index contributed by atoms with van der Waals surface area (Å²) in [6.07, 6.45) is 4.03. The average molecular weight is 494 g/mol. The molecule has 0 aliphatic carbocycles. The smallest absolute Gasteiger partial charge is 0.198 e. The number of hydrogen-bond donors (Lipinski definition) is 1. The molecule has 10 heteroatoms. The number of nitrogens with zero attached hydrogens (tertiary/aromatic N) is 5. The molecule has 0 spiro atoms. The maximum Gasteiger partial charge on any atom is 0.198 e. The molecule has 9 nitrogen and oxygen atoms in total. The largest absolute Gasteiger partial charge is 0.760 e. The lowest BCUT2D eigenvalue weighted by atomic mass is 9.99. The quantitative estimate of drug-likeness (QED) is 0.374. The molecule has 0 bridgehead atoms. The van der Waals surface area contributed by atoms with E-state index in [1.807, 2.05) is 61.9 Å². The van der Waals surface area contributed by atoms with Gasteiger partial charge in [-0.25, -0.2) is 9.71 Å². The Labute approximate surface area is 206 Å². The van der Waals surface area contributed by atoms with Crippen molar-refractivity contribution in [1.29, 1.82) is 0 Å². The van der Waals surface area contributed by atoms with Crippen molar-refractivity contribution >= 4 is 22.2 Å². The van der Waals surface area contributed by atoms with Crippen LogP contribution < -0.4 is 10.2 Å². The van der Waals surface area contributed by atoms with Crippen molar-refractivity contribution < 1.29 is 8.76 Å². The molecule has 35 heavy (non-hydrogen) atoms. The van der Waals surface area contributed by atoms with Gasteiger partial charge < -0.3 is 13.7 Å². The topological polar surface area (TPSA) is 118 Å². The molecule has 0 saturated carbocycles. The van der Waals surface area contributed by atoms with Crippen LogP contribution in [0.2, 0.25) is 0 Å². The van der Waals surface area contributed by atoms with Gasteiger partial charge >= 0.3 is 0 Å². The molecule has 4 rings (SSSR count). The fourth-order valence-corrected chi connectivity index (χ4v) is 4.48. The maximum absolute atomic E-state index is 13.7. The van der Waals surface area contributed by atoms with E-state index in [1.165, 1.54) is 0 Å². The molecule has 0 aliphatic rings. The average Bonchev–Trinajstić information content (AvgIpc) is 3.30. The molecule has 184 valence electrons. The van der Waals surface area contributed by atoms with Crippen LogP contribution in [-0.4, -0.2) is 39.6 Å². The molecule has 0 aliphatic heterocycles. The maximum atomic E-state index is 13.7. The number of aryl methyl sites for hydroxylation is 1. The molecular weight excluding hydrogens is 464 g/mol. The Morgan fingerprint density at radius 3 is 2.49 bits per heavy atom. The second-order valence-electron chi connectivity index (χ2n) is 9.11. The van der Waals surface area contributed by atoms with E-state index in [1.54, 1.807) is 6.33 Å². The zero-order valence-electron chi connectivity index (χ0n) is 20.5. The zero-order valence-corrected chi connectivity index (χ0v) is 21.3. The highest BCUT2D eigenvalue weighted by atomic mass is 32.2. The number of hydrogen-bond acceptors (Lipinski definition) is 6. The zero-order chi connectivity index (χ0) is 25.3. The number of fused-ring (bicyclic) bond motifs is 1. The minimum Gasteiger partial charge on any atom is -0.760 e. The molecule has 3 heterocycles. The third kappa shape index (κ3) is 5.09. The monoisotopic (exact) mass is 493 g/mol. The van der Waals surface area contributed by atoms with Gasteiger partial charge in [0.1, 0.15) is 12.0 Å². The molecule has 4 aromatic rings. The molecule has 1 unspecified atom stereocenters. The van der Waals surface area contributed by atoms with Gasteiger partial charge in [-0.05, 0) is 76.4 Å². The van der Waals surface area contributed by atoms with E-state index in [9.17, 15) is 13.6 Å². The molecule has 1 aromatic carbocycles. The minimum atomic E-state index is -2.32. The molecule has 1 atom stereocenters. The molecule has 0 fully saturated rings. The van der Waals surface area contributed by atoms with Crippen molar-refractivity contribution in [2.24, 2.45) is 0 Å². The first kappa shape index (κ1) is 24.9. The van der Waals surface area contributed by atoms with Crippen LogP contribution in [0.25, 0.3) is 33.7 Å². The summed E-state index contributed by atoms with van der Waals surface area (Å²) in [5.41, 5.74) is 4.35. The summed E-state index contributed by atoms with van der Waals surface area (Å²) in [7, 11) is 0. The summed E-state index contributed by atoms with van der Waals surface area (Å²) in [6.45, 7) is 10.5. The van der Waals surface area contributed by atoms with Gasteiger partial charge in [0.05, 0.1) is 16.8 Å². The van der Waals surface area contributed by atoms with Crippen molar-refractivity contribution in [3.8, 4) is 22.8 Å². The number of benzene rings is 1. The fraction of sp³-hybridized carbons (Fsp3) is 0.360. The van der Waals surface area contributed by atoms with Gasteiger partial charge in [-0.3, -0.25) is 9.00 Å². The third-order valence-electron chi connectivity index (χ3n) is 6.04. The lowest BCUT2D eigenvalue weighted by Gasteiger charge is -2.19. The highest BCUT2D eigenvalue weighted by molar-refractivity contribution is 7.77. The first-order valence-corrected chi connectivity index (χ1v) is 12.6. The van der Waals surface area contributed by atoms with Gasteiger partial charge in [0.25, 0.3) is 0 Å². The first-order valence-electron chi connectivity index (χ1n) is 11.6. The Hall–Kier alpha value is -3.21. The predicted octanol–water partition coefficient (Wildman–Crippen LogP) is 3.72. The predicted molar refractivity (Wildman–Crippen MR) is 137 cm³/mol. The van der Waals surface area contributed by atoms with Crippen molar-refractivity contribution in [3.63, 3.8) is 0 Å². The van der Waals surface area contributed by atoms with Crippen LogP contribution in [0.1, 0.15) is 50.9 Å². The van der Waals surface area contributed by atoms with Gasteiger partial charge in [-0.2, -0.15) is 0 Å². The first-order chi connectivity index (χ1) is 16.7. The van der Waals surface area contributed by atoms with E-state index in [0.717, 1.165) is 16.6 Å². The third-order valence-corrected chi connectivity index (χ3v) is 6.48. The van der Waals surface area contributed by atoms with Gasteiger partial charge in [0.15, 0.2) is 11.3 Å². The summed E-state index contributed by atoms with van der Waals surface area (Å²) in [4.78, 5) is 18.5. The van der Waals surface area contributed by atoms with Gasteiger partial charge in [-0.15, -0.1) is 10.2 Å². The van der Waals surface area contributed by atoms with E-state index in [2.05, 4.69) is 33.3 Å². The van der Waals surface area contributed by atoms with Gasteiger partial charge in [0, 0.05) is 41.5 Å². The Balaban J connectivity index is 1.87. The number of nitrogens with one attached hydrogen (secondary N) is 1. The SMILES string of the molecule is Cc1cc2c(cc1CCNS(=O)[O-])c(=O)c(-c1cccc(-c3nncn3C(C)C)n1)cn2C(C)C. The van der Waals surface area contributed by atoms with Crippen LogP contribution in [0.15, 0.2) is 47.7 Å². The highest BCUT2D eigenvalue weighted by Crippen LogP contribution is 2.26. The van der Waals surface area contributed by atoms with Crippen molar-refractivity contribution in [2.75, 3.05) is 6.54 Å². The van der Waals surface area contributed by atoms with E-state index in [-0.39, 0.29) is 24.1 Å². The summed E-state index contributed by atoms with van der Waals surface area (Å²) in [5.74, 6) is 0.646. The van der Waals surface area contributed by atoms with Gasteiger partial charge in [0.2, 0.25) is 0 Å². The minimum absolute atomic E-state index is 0.110. The number of pyridine rings is 2. The van der Waals surface area contributed by atoms with Crippen LogP contribution in [0.5, 0.6) is 0 Å². The number of aromatic nitrogens is 5. The van der Waals surface area contributed by atoms with Crippen LogP contribution >= 0.6 is 0 Å². The van der Waals surface area contributed by atoms with Crippen molar-refractivity contribution in [2.45, 2.75) is 53.1 Å². The molecule has 0 saturated heterocycles. The second-order valence-corrected chi connectivity index (χ2v) is 9.87. The van der Waals surface area contributed by atoms with Crippen LogP contribution in [0.4, 0.5) is 0 Å². The number of rotatable bonds is 8. The van der Waals surface area contributed by atoms with Crippen molar-refractivity contribution in [1.82, 2.24) is 29.0 Å². The normalized spacial score (nSPS) is 12.7. The van der Waals surface area contributed by atoms with E-state index in [0.29, 0.717) is 34.6 Å². The van der Waals surface area contributed by atoms with Crippen molar-refractivity contribution in [3.05, 3.63) is 64.2 Å². The van der Waals surface area contributed by atoms with E-state index >= 15 is 0 Å². The molecule has 1 N–H and O–H groups in total. The highest BCUT2D eigenvalue weighted by Gasteiger charge is 2.17. The lowest BCUT2D eigenvalue weighted by molar-refractivity contribution is 0.523. The summed E-state index contributed by atoms with van der Waals surface area (Å²) >= 11 is -2.32. The molecule has 0 radical (unpaired) electrons. The Bertz CT molecular complexity index is 1460. The fourth-order valence-electron chi connectivity index (χ4n) is 4.21. The summed E-state index contributed by atoms with van der Waals surface area (Å²) < 4.78 is 28.1. The molecule has 3 aromatic heterocycles. The molecule has 0 amide bonds. The summed E-state index contributed by atoms with van der Waals surface area (Å²) in [6, 6.07) is 9.72. The van der Waals surface area contributed by atoms with E-state index in [4.69, 9.17) is 4.98 Å². The van der Waals surface area contributed by atoms with Crippen LogP contribution in [-0.2, 0) is 17.7 Å². The Morgan fingerprint density at radius 2 is 1.80 bits per heavy atom. The second kappa shape index (κ2) is 10.2. The lowest BCUT2D eigenvalue weighted by Crippen LogP contribution is -2.20. The van der Waals surface area contributed by atoms with Crippen LogP contribution in [0, 0.1) is 6.92 Å². The van der Waals surface area contributed by atoms with Crippen LogP contribution in [0.3, 0.4) is 0 Å². The molecular formula is C25H29N6O3S-. The van der Waals surface area contributed by atoms with Gasteiger partial charge in [-0.1, -0.05) is 6.07 Å². The summed E-state index contributed by atoms with van der Waals surface area (Å²) in [5, 5.41) is 8.86. The standard InChI is InChI=1S/C25H30N6O3S/c1-15(2)30-13-20(21-7-6-8-22(28-21)25-29-26-14-31(25)16(3)4)24(32)19-12-18(9-10-27-35(33)34)17(5)11-23(19)30/h6-8,11-16,27H,9-10H2,1-5H3,(H,33,34)/p-1. The Kier molecular flexibility index (Phi) is 7.25. The van der Waals surface area contributed by atoms with E-state index < -0.39 is 11.3 Å².